The third-order valence-corrected chi connectivity index (χ3v) is 9.65. The van der Waals surface area contributed by atoms with Crippen molar-refractivity contribution < 1.29 is 22.7 Å². The number of sulfonamides is 1. The number of carbonyl (C=O) groups excluding carboxylic acids is 1. The quantitative estimate of drug-likeness (QED) is 0.239. The summed E-state index contributed by atoms with van der Waals surface area (Å²) in [6.45, 7) is 16.2. The van der Waals surface area contributed by atoms with Crippen LogP contribution in [-0.4, -0.2) is 74.6 Å². The smallest absolute Gasteiger partial charge is 0.260 e. The second-order valence-corrected chi connectivity index (χ2v) is 13.7. The molecule has 4 rings (SSSR count). The molecule has 3 aromatic rings. The van der Waals surface area contributed by atoms with E-state index in [-0.39, 0.29) is 41.8 Å². The number of anilines is 1. The van der Waals surface area contributed by atoms with Gasteiger partial charge in [-0.25, -0.2) is 13.4 Å². The molecule has 0 saturated carbocycles. The van der Waals surface area contributed by atoms with Crippen molar-refractivity contribution in [1.29, 1.82) is 0 Å². The van der Waals surface area contributed by atoms with Crippen LogP contribution in [0.25, 0.3) is 10.2 Å². The zero-order chi connectivity index (χ0) is 29.0. The number of hydrogen-bond acceptors (Lipinski definition) is 8. The number of amides is 1. The number of hydrogen-bond donors (Lipinski definition) is 0. The first-order chi connectivity index (χ1) is 19.0. The van der Waals surface area contributed by atoms with Gasteiger partial charge in [-0.15, -0.1) is 12.4 Å². The maximum absolute atomic E-state index is 13.9. The molecule has 0 bridgehead atoms. The molecule has 9 nitrogen and oxygen atoms in total. The second kappa shape index (κ2) is 14.2. The lowest BCUT2D eigenvalue weighted by Crippen LogP contribution is -2.39. The number of thiazole rings is 1. The van der Waals surface area contributed by atoms with Crippen molar-refractivity contribution in [2.75, 3.05) is 51.0 Å². The molecule has 2 heterocycles. The molecule has 2 aromatic carbocycles. The number of likely N-dealkylation sites (N-methyl/N-ethyl adjacent to an activating group) is 1. The van der Waals surface area contributed by atoms with Crippen LogP contribution in [0, 0.1) is 11.8 Å². The SMILES string of the molecule is CCN(CC)CCN(C(=O)c1ccc(S(=O)(=O)N(CC(C)C)CC(C)C)cc1)c1nc2cc3c(cc2s1)OCO3.Cl. The number of aromatic nitrogens is 1. The highest BCUT2D eigenvalue weighted by atomic mass is 35.5. The lowest BCUT2D eigenvalue weighted by Gasteiger charge is -2.26. The standard InChI is InChI=1S/C29H40N4O5S2.ClH/c1-7-31(8-2)13-14-33(29-30-24-15-25-26(38-19-37-25)16-27(24)39-29)28(34)22-9-11-23(12-10-22)40(35,36)32(17-20(3)4)18-21(5)6;/h9-12,15-16,20-21H,7-8,13-14,17-19H2,1-6H3;1H. The average molecular weight is 625 g/mol. The first-order valence-electron chi connectivity index (χ1n) is 13.9. The minimum absolute atomic E-state index is 0. The van der Waals surface area contributed by atoms with Crippen molar-refractivity contribution in [3.63, 3.8) is 0 Å². The fraction of sp³-hybridized carbons (Fsp3) is 0.517. The zero-order valence-electron chi connectivity index (χ0n) is 24.6. The Labute approximate surface area is 253 Å². The fourth-order valence-electron chi connectivity index (χ4n) is 4.65. The van der Waals surface area contributed by atoms with E-state index in [1.54, 1.807) is 21.3 Å². The van der Waals surface area contributed by atoms with E-state index in [1.165, 1.54) is 23.5 Å². The van der Waals surface area contributed by atoms with Crippen LogP contribution < -0.4 is 14.4 Å². The summed E-state index contributed by atoms with van der Waals surface area (Å²) in [7, 11) is -3.69. The van der Waals surface area contributed by atoms with Gasteiger partial charge >= 0.3 is 0 Å². The Morgan fingerprint density at radius 3 is 2.10 bits per heavy atom. The van der Waals surface area contributed by atoms with Crippen LogP contribution in [0.2, 0.25) is 0 Å². The normalized spacial score (nSPS) is 13.0. The number of fused-ring (bicyclic) bond motifs is 2. The molecule has 226 valence electrons. The minimum atomic E-state index is -3.69. The molecule has 0 spiro atoms. The van der Waals surface area contributed by atoms with E-state index in [4.69, 9.17) is 14.5 Å². The van der Waals surface area contributed by atoms with Crippen molar-refractivity contribution in [2.45, 2.75) is 46.4 Å². The van der Waals surface area contributed by atoms with E-state index >= 15 is 0 Å². The lowest BCUT2D eigenvalue weighted by molar-refractivity contribution is 0.0983. The summed E-state index contributed by atoms with van der Waals surface area (Å²) in [5.74, 6) is 1.48. The number of nitrogens with zero attached hydrogens (tertiary/aromatic N) is 4. The Morgan fingerprint density at radius 1 is 0.951 bits per heavy atom. The monoisotopic (exact) mass is 624 g/mol. The molecule has 0 aliphatic carbocycles. The first-order valence-corrected chi connectivity index (χ1v) is 16.1. The third kappa shape index (κ3) is 7.70. The number of carbonyl (C=O) groups is 1. The number of benzene rings is 2. The highest BCUT2D eigenvalue weighted by Crippen LogP contribution is 2.40. The minimum Gasteiger partial charge on any atom is -0.454 e. The molecule has 1 amide bonds. The summed E-state index contributed by atoms with van der Waals surface area (Å²) in [5, 5.41) is 0.576. The highest BCUT2D eigenvalue weighted by Gasteiger charge is 2.28. The Hall–Kier alpha value is -2.44. The van der Waals surface area contributed by atoms with E-state index in [1.807, 2.05) is 39.8 Å². The van der Waals surface area contributed by atoms with E-state index in [9.17, 15) is 13.2 Å². The Kier molecular flexibility index (Phi) is 11.4. The van der Waals surface area contributed by atoms with Crippen molar-refractivity contribution in [3.05, 3.63) is 42.0 Å². The zero-order valence-corrected chi connectivity index (χ0v) is 27.1. The lowest BCUT2D eigenvalue weighted by atomic mass is 10.2. The van der Waals surface area contributed by atoms with Gasteiger partial charge in [0.15, 0.2) is 16.6 Å². The highest BCUT2D eigenvalue weighted by molar-refractivity contribution is 7.89. The number of halogens is 1. The molecule has 1 aliphatic heterocycles. The van der Waals surface area contributed by atoms with E-state index in [0.717, 1.165) is 23.3 Å². The van der Waals surface area contributed by atoms with Gasteiger partial charge in [0.2, 0.25) is 16.8 Å². The Balaban J connectivity index is 0.00000462. The predicted octanol–water partition coefficient (Wildman–Crippen LogP) is 5.74. The summed E-state index contributed by atoms with van der Waals surface area (Å²) in [6, 6.07) is 10.0. The van der Waals surface area contributed by atoms with Gasteiger partial charge in [0, 0.05) is 43.9 Å². The molecule has 0 N–H and O–H groups in total. The maximum Gasteiger partial charge on any atom is 0.260 e. The van der Waals surface area contributed by atoms with Crippen molar-refractivity contribution in [1.82, 2.24) is 14.2 Å². The molecule has 0 radical (unpaired) electrons. The van der Waals surface area contributed by atoms with E-state index < -0.39 is 10.0 Å². The van der Waals surface area contributed by atoms with Gasteiger partial charge in [-0.3, -0.25) is 9.69 Å². The van der Waals surface area contributed by atoms with Crippen LogP contribution in [-0.2, 0) is 10.0 Å². The fourth-order valence-corrected chi connectivity index (χ4v) is 7.41. The van der Waals surface area contributed by atoms with Crippen molar-refractivity contribution in [3.8, 4) is 11.5 Å². The number of rotatable bonds is 13. The summed E-state index contributed by atoms with van der Waals surface area (Å²) >= 11 is 1.42. The second-order valence-electron chi connectivity index (χ2n) is 10.8. The van der Waals surface area contributed by atoms with Gasteiger partial charge in [-0.1, -0.05) is 52.9 Å². The summed E-state index contributed by atoms with van der Waals surface area (Å²) in [4.78, 5) is 22.8. The van der Waals surface area contributed by atoms with E-state index in [2.05, 4.69) is 18.7 Å². The summed E-state index contributed by atoms with van der Waals surface area (Å²) in [5.41, 5.74) is 1.15. The molecule has 0 fully saturated rings. The predicted molar refractivity (Wildman–Crippen MR) is 167 cm³/mol. The average Bonchev–Trinajstić information content (AvgIpc) is 3.54. The van der Waals surface area contributed by atoms with Gasteiger partial charge in [-0.05, 0) is 49.2 Å². The van der Waals surface area contributed by atoms with Crippen LogP contribution in [0.15, 0.2) is 41.3 Å². The van der Waals surface area contributed by atoms with Crippen molar-refractivity contribution in [2.24, 2.45) is 11.8 Å². The van der Waals surface area contributed by atoms with Gasteiger partial charge in [0.1, 0.15) is 0 Å². The first kappa shape index (κ1) is 33.1. The molecular weight excluding hydrogens is 584 g/mol. The Bertz CT molecular complexity index is 1370. The van der Waals surface area contributed by atoms with Crippen molar-refractivity contribution >= 4 is 55.0 Å². The van der Waals surface area contributed by atoms with Gasteiger partial charge in [0.05, 0.1) is 15.1 Å². The maximum atomic E-state index is 13.9. The van der Waals surface area contributed by atoms with Gasteiger partial charge in [-0.2, -0.15) is 4.31 Å². The van der Waals surface area contributed by atoms with Crippen LogP contribution in [0.4, 0.5) is 5.13 Å². The van der Waals surface area contributed by atoms with Crippen LogP contribution >= 0.6 is 23.7 Å². The molecule has 1 aromatic heterocycles. The van der Waals surface area contributed by atoms with E-state index in [0.29, 0.717) is 48.4 Å². The molecule has 0 saturated heterocycles. The molecule has 0 atom stereocenters. The largest absolute Gasteiger partial charge is 0.454 e. The van der Waals surface area contributed by atoms with Gasteiger partial charge in [0.25, 0.3) is 5.91 Å². The van der Waals surface area contributed by atoms with Crippen LogP contribution in [0.5, 0.6) is 11.5 Å². The molecule has 12 heteroatoms. The molecular formula is C29H41ClN4O5S2. The topological polar surface area (TPSA) is 92.3 Å². The molecule has 0 unspecified atom stereocenters. The van der Waals surface area contributed by atoms with Gasteiger partial charge < -0.3 is 14.4 Å². The van der Waals surface area contributed by atoms with Crippen LogP contribution in [0.3, 0.4) is 0 Å². The summed E-state index contributed by atoms with van der Waals surface area (Å²) in [6.07, 6.45) is 0. The third-order valence-electron chi connectivity index (χ3n) is 6.76. The molecule has 1 aliphatic rings. The molecule has 41 heavy (non-hydrogen) atoms. The Morgan fingerprint density at radius 2 is 1.54 bits per heavy atom. The number of ether oxygens (including phenoxy) is 2. The van der Waals surface area contributed by atoms with Crippen LogP contribution in [0.1, 0.15) is 51.9 Å². The summed E-state index contributed by atoms with van der Waals surface area (Å²) < 4.78 is 40.4.